The number of piperidine rings is 1. The van der Waals surface area contributed by atoms with Crippen LogP contribution in [0, 0.1) is 17.8 Å². The molecule has 1 saturated carbocycles. The molecule has 0 radical (unpaired) electrons. The number of rotatable bonds is 7. The minimum atomic E-state index is -0.612. The molecule has 6 rings (SSSR count). The van der Waals surface area contributed by atoms with E-state index in [0.29, 0.717) is 12.3 Å². The standard InChI is InChI=1S/C32H37N3O7/c1-38-20-6-7-21-22-10-12-35-17-19-14-26(42-28(36)8-5-18-9-11-33-27(13-18)39-2)31(40-3)29(32(37)41-4)23(19)16-25(35)30(22)34-24(21)15-20/h5-9,11,13,15,19,23,25-26,29,31,34H,10,12,14,16-17H2,1-4H3/b8-5+/t19-,23-,25-,26-,29+,31+/m0/s1. The largest absolute Gasteiger partial charge is 0.497 e. The molecule has 0 bridgehead atoms. The highest BCUT2D eigenvalue weighted by Crippen LogP contribution is 2.50. The van der Waals surface area contributed by atoms with Crippen molar-refractivity contribution in [1.29, 1.82) is 0 Å². The van der Waals surface area contributed by atoms with E-state index in [-0.39, 0.29) is 23.8 Å². The number of ether oxygens (including phenoxy) is 5. The lowest BCUT2D eigenvalue weighted by atomic mass is 9.63. The van der Waals surface area contributed by atoms with Gasteiger partial charge in [-0.3, -0.25) is 9.69 Å². The second-order valence-electron chi connectivity index (χ2n) is 11.3. The molecule has 2 fully saturated rings. The molecule has 2 aromatic heterocycles. The zero-order valence-electron chi connectivity index (χ0n) is 24.4. The average molecular weight is 576 g/mol. The molecule has 1 aromatic carbocycles. The number of hydrogen-bond acceptors (Lipinski definition) is 9. The number of nitrogens with zero attached hydrogens (tertiary/aromatic N) is 2. The Kier molecular flexibility index (Phi) is 7.92. The van der Waals surface area contributed by atoms with E-state index in [9.17, 15) is 9.59 Å². The second kappa shape index (κ2) is 11.8. The quantitative estimate of drug-likeness (QED) is 0.331. The van der Waals surface area contributed by atoms with Crippen molar-refractivity contribution in [3.05, 3.63) is 59.4 Å². The van der Waals surface area contributed by atoms with Crippen LogP contribution in [0.25, 0.3) is 17.0 Å². The molecule has 3 aromatic rings. The molecule has 2 aliphatic heterocycles. The lowest BCUT2D eigenvalue weighted by Crippen LogP contribution is -2.58. The fraction of sp³-hybridized carbons (Fsp3) is 0.469. The molecule has 0 amide bonds. The van der Waals surface area contributed by atoms with Crippen molar-refractivity contribution in [3.8, 4) is 11.6 Å². The highest BCUT2D eigenvalue weighted by molar-refractivity contribution is 5.87. The first-order valence-corrected chi connectivity index (χ1v) is 14.4. The van der Waals surface area contributed by atoms with E-state index in [4.69, 9.17) is 23.7 Å². The SMILES string of the molecule is COC(=O)[C@@H]1[C@H]2C[C@H]3c4[nH]c5cc(OC)ccc5c4CCN3C[C@@H]2C[C@H](OC(=O)/C=C/c2ccnc(OC)c2)[C@H]1OC. The van der Waals surface area contributed by atoms with Crippen LogP contribution in [-0.4, -0.2) is 80.5 Å². The number of carbonyl (C=O) groups is 2. The van der Waals surface area contributed by atoms with Crippen molar-refractivity contribution in [2.75, 3.05) is 41.5 Å². The summed E-state index contributed by atoms with van der Waals surface area (Å²) in [5.41, 5.74) is 4.38. The summed E-state index contributed by atoms with van der Waals surface area (Å²) in [6.07, 6.45) is 5.80. The van der Waals surface area contributed by atoms with Gasteiger partial charge in [0.1, 0.15) is 18.0 Å². The van der Waals surface area contributed by atoms with Gasteiger partial charge in [-0.2, -0.15) is 0 Å². The second-order valence-corrected chi connectivity index (χ2v) is 11.3. The molecule has 222 valence electrons. The highest BCUT2D eigenvalue weighted by atomic mass is 16.6. The molecule has 0 unspecified atom stereocenters. The number of fused-ring (bicyclic) bond motifs is 6. The van der Waals surface area contributed by atoms with Crippen molar-refractivity contribution < 1.29 is 33.3 Å². The molecular weight excluding hydrogens is 538 g/mol. The number of benzene rings is 1. The Morgan fingerprint density at radius 1 is 1.07 bits per heavy atom. The number of nitrogens with one attached hydrogen (secondary N) is 1. The maximum Gasteiger partial charge on any atom is 0.331 e. The summed E-state index contributed by atoms with van der Waals surface area (Å²) in [6.45, 7) is 1.73. The molecule has 6 atom stereocenters. The summed E-state index contributed by atoms with van der Waals surface area (Å²) in [4.78, 5) is 36.5. The minimum absolute atomic E-state index is 0.0188. The number of esters is 2. The third kappa shape index (κ3) is 5.13. The lowest BCUT2D eigenvalue weighted by molar-refractivity contribution is -0.187. The van der Waals surface area contributed by atoms with Gasteiger partial charge in [0.25, 0.3) is 0 Å². The minimum Gasteiger partial charge on any atom is -0.497 e. The predicted octanol–water partition coefficient (Wildman–Crippen LogP) is 3.95. The van der Waals surface area contributed by atoms with Crippen LogP contribution in [0.1, 0.15) is 35.7 Å². The summed E-state index contributed by atoms with van der Waals surface area (Å²) in [5.74, 6) is 0.0595. The van der Waals surface area contributed by atoms with Crippen LogP contribution in [0.2, 0.25) is 0 Å². The van der Waals surface area contributed by atoms with Crippen LogP contribution in [0.4, 0.5) is 0 Å². The number of pyridine rings is 1. The highest BCUT2D eigenvalue weighted by Gasteiger charge is 2.54. The van der Waals surface area contributed by atoms with Crippen LogP contribution < -0.4 is 9.47 Å². The molecular formula is C32H37N3O7. The molecule has 3 aliphatic rings. The van der Waals surface area contributed by atoms with E-state index in [1.54, 1.807) is 38.6 Å². The summed E-state index contributed by atoms with van der Waals surface area (Å²) >= 11 is 0. The summed E-state index contributed by atoms with van der Waals surface area (Å²) < 4.78 is 27.8. The number of hydrogen-bond donors (Lipinski definition) is 1. The van der Waals surface area contributed by atoms with Gasteiger partial charge in [-0.05, 0) is 66.5 Å². The van der Waals surface area contributed by atoms with Crippen molar-refractivity contribution in [1.82, 2.24) is 14.9 Å². The molecule has 10 nitrogen and oxygen atoms in total. The Balaban J connectivity index is 1.24. The van der Waals surface area contributed by atoms with E-state index < -0.39 is 24.1 Å². The summed E-state index contributed by atoms with van der Waals surface area (Å²) in [7, 11) is 6.19. The summed E-state index contributed by atoms with van der Waals surface area (Å²) in [5, 5.41) is 1.22. The third-order valence-corrected chi connectivity index (χ3v) is 9.25. The lowest BCUT2D eigenvalue weighted by Gasteiger charge is -2.52. The molecule has 0 spiro atoms. The fourth-order valence-corrected chi connectivity index (χ4v) is 7.35. The van der Waals surface area contributed by atoms with Gasteiger partial charge < -0.3 is 28.7 Å². The summed E-state index contributed by atoms with van der Waals surface area (Å²) in [6, 6.07) is 9.82. The van der Waals surface area contributed by atoms with Crippen molar-refractivity contribution >= 4 is 28.9 Å². The molecule has 1 saturated heterocycles. The Morgan fingerprint density at radius 3 is 2.69 bits per heavy atom. The van der Waals surface area contributed by atoms with Gasteiger partial charge in [0.05, 0.1) is 33.3 Å². The molecule has 4 heterocycles. The van der Waals surface area contributed by atoms with E-state index in [1.165, 1.54) is 36.9 Å². The number of aromatic nitrogens is 2. The maximum absolute atomic E-state index is 13.3. The van der Waals surface area contributed by atoms with Crippen LogP contribution in [0.5, 0.6) is 11.6 Å². The van der Waals surface area contributed by atoms with Gasteiger partial charge in [-0.1, -0.05) is 0 Å². The van der Waals surface area contributed by atoms with E-state index in [2.05, 4.69) is 20.9 Å². The first-order chi connectivity index (χ1) is 20.4. The van der Waals surface area contributed by atoms with E-state index >= 15 is 0 Å². The fourth-order valence-electron chi connectivity index (χ4n) is 7.35. The van der Waals surface area contributed by atoms with Gasteiger partial charge in [0, 0.05) is 61.2 Å². The number of methoxy groups -OCH3 is 4. The number of carbonyl (C=O) groups excluding carboxylic acids is 2. The third-order valence-electron chi connectivity index (χ3n) is 9.25. The van der Waals surface area contributed by atoms with Crippen LogP contribution in [0.15, 0.2) is 42.6 Å². The van der Waals surface area contributed by atoms with E-state index in [1.807, 2.05) is 12.1 Å². The Morgan fingerprint density at radius 2 is 1.93 bits per heavy atom. The topological polar surface area (TPSA) is 112 Å². The first kappa shape index (κ1) is 28.2. The predicted molar refractivity (Wildman–Crippen MR) is 155 cm³/mol. The zero-order chi connectivity index (χ0) is 29.4. The van der Waals surface area contributed by atoms with Crippen LogP contribution in [0.3, 0.4) is 0 Å². The van der Waals surface area contributed by atoms with Crippen LogP contribution in [-0.2, 0) is 30.2 Å². The Hall–Kier alpha value is -3.89. The Bertz CT molecular complexity index is 1500. The van der Waals surface area contributed by atoms with Crippen molar-refractivity contribution in [2.24, 2.45) is 17.8 Å². The van der Waals surface area contributed by atoms with Crippen molar-refractivity contribution in [2.45, 2.75) is 37.5 Å². The van der Waals surface area contributed by atoms with Gasteiger partial charge in [0.15, 0.2) is 0 Å². The molecule has 1 aliphatic carbocycles. The van der Waals surface area contributed by atoms with Gasteiger partial charge >= 0.3 is 11.9 Å². The van der Waals surface area contributed by atoms with Gasteiger partial charge in [-0.15, -0.1) is 0 Å². The molecule has 1 N–H and O–H groups in total. The smallest absolute Gasteiger partial charge is 0.331 e. The zero-order valence-corrected chi connectivity index (χ0v) is 24.4. The molecule has 10 heteroatoms. The number of aromatic amines is 1. The first-order valence-electron chi connectivity index (χ1n) is 14.4. The average Bonchev–Trinajstić information content (AvgIpc) is 3.40. The number of H-pyrrole nitrogens is 1. The maximum atomic E-state index is 13.3. The van der Waals surface area contributed by atoms with Crippen LogP contribution >= 0.6 is 0 Å². The Labute approximate surface area is 244 Å². The van der Waals surface area contributed by atoms with Gasteiger partial charge in [0.2, 0.25) is 5.88 Å². The van der Waals surface area contributed by atoms with E-state index in [0.717, 1.165) is 42.8 Å². The normalized spacial score (nSPS) is 27.1. The van der Waals surface area contributed by atoms with Gasteiger partial charge in [-0.25, -0.2) is 9.78 Å². The van der Waals surface area contributed by atoms with Crippen molar-refractivity contribution in [3.63, 3.8) is 0 Å². The monoisotopic (exact) mass is 575 g/mol. The molecule has 42 heavy (non-hydrogen) atoms.